The van der Waals surface area contributed by atoms with Gasteiger partial charge in [-0.25, -0.2) is 0 Å². The van der Waals surface area contributed by atoms with Gasteiger partial charge in [-0.1, -0.05) is 12.1 Å². The number of hydrogen-bond donors (Lipinski definition) is 2. The zero-order valence-electron chi connectivity index (χ0n) is 11.9. The Morgan fingerprint density at radius 3 is 2.36 bits per heavy atom. The summed E-state index contributed by atoms with van der Waals surface area (Å²) in [4.78, 5) is 0. The van der Waals surface area contributed by atoms with Gasteiger partial charge in [-0.05, 0) is 30.5 Å². The maximum absolute atomic E-state index is 12.5. The lowest BCUT2D eigenvalue weighted by Gasteiger charge is -2.39. The van der Waals surface area contributed by atoms with Crippen LogP contribution in [0.5, 0.6) is 0 Å². The molecule has 0 spiro atoms. The highest BCUT2D eigenvalue weighted by molar-refractivity contribution is 5.35. The molecule has 120 valence electrons. The maximum Gasteiger partial charge on any atom is 0.415 e. The minimum Gasteiger partial charge on any atom is -0.382 e. The van der Waals surface area contributed by atoms with Crippen molar-refractivity contribution >= 4 is 0 Å². The second-order valence-electron chi connectivity index (χ2n) is 5.32. The Kier molecular flexibility index (Phi) is 5.06. The van der Waals surface area contributed by atoms with Gasteiger partial charge in [0.15, 0.2) is 6.10 Å². The van der Waals surface area contributed by atoms with Crippen molar-refractivity contribution < 1.29 is 23.0 Å². The summed E-state index contributed by atoms with van der Waals surface area (Å²) in [6.07, 6.45) is -6.05. The first-order chi connectivity index (χ1) is 10.4. The van der Waals surface area contributed by atoms with E-state index in [-0.39, 0.29) is 0 Å². The number of halogens is 3. The number of alkyl halides is 3. The van der Waals surface area contributed by atoms with Gasteiger partial charge in [-0.2, -0.15) is 18.4 Å². The van der Waals surface area contributed by atoms with Crippen molar-refractivity contribution in [2.45, 2.75) is 30.7 Å². The molecule has 1 heterocycles. The smallest absolute Gasteiger partial charge is 0.382 e. The van der Waals surface area contributed by atoms with Gasteiger partial charge in [-0.3, -0.25) is 0 Å². The lowest BCUT2D eigenvalue weighted by atomic mass is 9.82. The van der Waals surface area contributed by atoms with Gasteiger partial charge in [0.25, 0.3) is 0 Å². The van der Waals surface area contributed by atoms with Gasteiger partial charge in [0.1, 0.15) is 0 Å². The average Bonchev–Trinajstić information content (AvgIpc) is 2.52. The molecule has 1 unspecified atom stereocenters. The molecule has 1 aromatic rings. The Bertz CT molecular complexity index is 531. The summed E-state index contributed by atoms with van der Waals surface area (Å²) in [7, 11) is 0. The molecule has 1 atom stereocenters. The minimum atomic E-state index is -4.65. The second-order valence-corrected chi connectivity index (χ2v) is 5.32. The normalized spacial score (nSPS) is 19.4. The van der Waals surface area contributed by atoms with E-state index in [1.54, 1.807) is 24.3 Å². The van der Waals surface area contributed by atoms with Crippen molar-refractivity contribution in [3.63, 3.8) is 0 Å². The summed E-state index contributed by atoms with van der Waals surface area (Å²) in [5, 5.41) is 20.9. The lowest BCUT2D eigenvalue weighted by Crippen LogP contribution is -2.51. The van der Waals surface area contributed by atoms with Crippen LogP contribution in [0.3, 0.4) is 0 Å². The zero-order valence-corrected chi connectivity index (χ0v) is 11.9. The number of aliphatic hydroxyl groups is 1. The third kappa shape index (κ3) is 3.77. The molecule has 0 bridgehead atoms. The molecule has 0 saturated carbocycles. The van der Waals surface area contributed by atoms with Crippen molar-refractivity contribution in [3.05, 3.63) is 35.4 Å². The first-order valence-electron chi connectivity index (χ1n) is 6.96. The standard InChI is InChI=1S/C15H17F3N2O2/c16-15(17,18)13(21)10-20-14(5-7-22-8-6-14)12-3-1-11(9-19)2-4-12/h1-4,13,20-21H,5-8,10H2. The minimum absolute atomic E-state index is 0.426. The molecule has 4 nitrogen and oxygen atoms in total. The monoisotopic (exact) mass is 314 g/mol. The molecule has 1 aliphatic heterocycles. The molecule has 0 radical (unpaired) electrons. The van der Waals surface area contributed by atoms with Gasteiger partial charge in [-0.15, -0.1) is 0 Å². The molecule has 2 rings (SSSR count). The van der Waals surface area contributed by atoms with Gasteiger partial charge in [0, 0.05) is 25.3 Å². The number of nitriles is 1. The average molecular weight is 314 g/mol. The lowest BCUT2D eigenvalue weighted by molar-refractivity contribution is -0.203. The Morgan fingerprint density at radius 1 is 1.27 bits per heavy atom. The number of nitrogens with zero attached hydrogens (tertiary/aromatic N) is 1. The van der Waals surface area contributed by atoms with E-state index in [9.17, 15) is 18.3 Å². The van der Waals surface area contributed by atoms with Crippen molar-refractivity contribution in [1.29, 1.82) is 5.26 Å². The Balaban J connectivity index is 2.18. The van der Waals surface area contributed by atoms with E-state index >= 15 is 0 Å². The van der Waals surface area contributed by atoms with Crippen molar-refractivity contribution in [1.82, 2.24) is 5.32 Å². The molecular formula is C15H17F3N2O2. The van der Waals surface area contributed by atoms with Gasteiger partial charge in [0.2, 0.25) is 0 Å². The predicted molar refractivity (Wildman–Crippen MR) is 73.0 cm³/mol. The van der Waals surface area contributed by atoms with E-state index in [1.807, 2.05) is 6.07 Å². The molecular weight excluding hydrogens is 297 g/mol. The maximum atomic E-state index is 12.5. The van der Waals surface area contributed by atoms with E-state index in [4.69, 9.17) is 10.00 Å². The van der Waals surface area contributed by atoms with E-state index in [2.05, 4.69) is 5.32 Å². The van der Waals surface area contributed by atoms with E-state index in [0.29, 0.717) is 31.6 Å². The van der Waals surface area contributed by atoms with Crippen molar-refractivity contribution in [2.24, 2.45) is 0 Å². The molecule has 0 amide bonds. The molecule has 22 heavy (non-hydrogen) atoms. The largest absolute Gasteiger partial charge is 0.415 e. The Hall–Kier alpha value is -1.62. The van der Waals surface area contributed by atoms with Crippen LogP contribution in [0.4, 0.5) is 13.2 Å². The summed E-state index contributed by atoms with van der Waals surface area (Å²) in [6, 6.07) is 8.74. The molecule has 1 fully saturated rings. The van der Waals surface area contributed by atoms with Crippen LogP contribution >= 0.6 is 0 Å². The predicted octanol–water partition coefficient (Wildman–Crippen LogP) is 2.08. The first kappa shape index (κ1) is 16.7. The van der Waals surface area contributed by atoms with Crippen LogP contribution < -0.4 is 5.32 Å². The summed E-state index contributed by atoms with van der Waals surface area (Å²) in [6.45, 7) is 0.272. The second kappa shape index (κ2) is 6.65. The van der Waals surface area contributed by atoms with Crippen molar-refractivity contribution in [2.75, 3.05) is 19.8 Å². The van der Waals surface area contributed by atoms with Gasteiger partial charge < -0.3 is 15.2 Å². The SMILES string of the molecule is N#Cc1ccc(C2(NCC(O)C(F)(F)F)CCOCC2)cc1. The fourth-order valence-electron chi connectivity index (χ4n) is 2.56. The molecule has 1 saturated heterocycles. The topological polar surface area (TPSA) is 65.3 Å². The highest BCUT2D eigenvalue weighted by Gasteiger charge is 2.41. The van der Waals surface area contributed by atoms with Crippen LogP contribution in [0.25, 0.3) is 0 Å². The molecule has 7 heteroatoms. The van der Waals surface area contributed by atoms with Crippen LogP contribution in [-0.2, 0) is 10.3 Å². The zero-order chi connectivity index (χ0) is 16.2. The molecule has 2 N–H and O–H groups in total. The number of benzene rings is 1. The molecule has 1 aromatic carbocycles. The van der Waals surface area contributed by atoms with Crippen LogP contribution in [0.2, 0.25) is 0 Å². The summed E-state index contributed by atoms with van der Waals surface area (Å²) in [5.74, 6) is 0. The van der Waals surface area contributed by atoms with Crippen molar-refractivity contribution in [3.8, 4) is 6.07 Å². The van der Waals surface area contributed by atoms with Crippen LogP contribution in [0, 0.1) is 11.3 Å². The molecule has 0 aliphatic carbocycles. The Morgan fingerprint density at radius 2 is 1.86 bits per heavy atom. The summed E-state index contributed by atoms with van der Waals surface area (Å²) >= 11 is 0. The quantitative estimate of drug-likeness (QED) is 0.893. The molecule has 0 aromatic heterocycles. The number of ether oxygens (including phenoxy) is 1. The fourth-order valence-corrected chi connectivity index (χ4v) is 2.56. The Labute approximate surface area is 126 Å². The fraction of sp³-hybridized carbons (Fsp3) is 0.533. The molecule has 1 aliphatic rings. The van der Waals surface area contributed by atoms with Crippen LogP contribution in [0.1, 0.15) is 24.0 Å². The van der Waals surface area contributed by atoms with Crippen LogP contribution in [-0.4, -0.2) is 37.1 Å². The van der Waals surface area contributed by atoms with Gasteiger partial charge >= 0.3 is 6.18 Å². The summed E-state index contributed by atoms with van der Waals surface area (Å²) < 4.78 is 42.7. The number of hydrogen-bond acceptors (Lipinski definition) is 4. The van der Waals surface area contributed by atoms with Crippen LogP contribution in [0.15, 0.2) is 24.3 Å². The number of aliphatic hydroxyl groups excluding tert-OH is 1. The first-order valence-corrected chi connectivity index (χ1v) is 6.96. The number of nitrogens with one attached hydrogen (secondary N) is 1. The van der Waals surface area contributed by atoms with E-state index in [0.717, 1.165) is 5.56 Å². The third-order valence-corrected chi connectivity index (χ3v) is 3.92. The van der Waals surface area contributed by atoms with E-state index in [1.165, 1.54) is 0 Å². The highest BCUT2D eigenvalue weighted by atomic mass is 19.4. The third-order valence-electron chi connectivity index (χ3n) is 3.92. The highest BCUT2D eigenvalue weighted by Crippen LogP contribution is 2.33. The van der Waals surface area contributed by atoms with Gasteiger partial charge in [0.05, 0.1) is 11.6 Å². The summed E-state index contributed by atoms with van der Waals surface area (Å²) in [5.41, 5.74) is 0.601. The number of rotatable bonds is 4. The van der Waals surface area contributed by atoms with E-state index < -0.39 is 24.4 Å².